The maximum Gasteiger partial charge on any atom is 0.0211 e. The van der Waals surface area contributed by atoms with Crippen molar-refractivity contribution >= 4 is 0 Å². The maximum atomic E-state index is 3.46. The van der Waals surface area contributed by atoms with Crippen molar-refractivity contribution < 1.29 is 0 Å². The molecule has 0 amide bonds. The molecule has 1 N–H and O–H groups in total. The lowest BCUT2D eigenvalue weighted by molar-refractivity contribution is 0.636. The van der Waals surface area contributed by atoms with Gasteiger partial charge in [-0.2, -0.15) is 0 Å². The van der Waals surface area contributed by atoms with Gasteiger partial charge in [0.15, 0.2) is 0 Å². The summed E-state index contributed by atoms with van der Waals surface area (Å²) in [5, 5.41) is 3.46. The highest BCUT2D eigenvalue weighted by Crippen LogP contribution is 2.28. The second-order valence-corrected chi connectivity index (χ2v) is 4.38. The first-order valence-electron chi connectivity index (χ1n) is 5.41. The number of hydrogen-bond acceptors (Lipinski definition) is 1. The highest BCUT2D eigenvalue weighted by atomic mass is 14.9. The van der Waals surface area contributed by atoms with Crippen LogP contribution in [0.5, 0.6) is 0 Å². The van der Waals surface area contributed by atoms with Gasteiger partial charge in [-0.15, -0.1) is 0 Å². The molecule has 0 saturated heterocycles. The molecule has 1 heterocycles. The first-order valence-corrected chi connectivity index (χ1v) is 5.41. The Hall–Kier alpha value is -0.820. The maximum absolute atomic E-state index is 3.46. The molecule has 0 radical (unpaired) electrons. The van der Waals surface area contributed by atoms with Gasteiger partial charge in [-0.05, 0) is 74.0 Å². The molecule has 0 unspecified atom stereocenters. The van der Waals surface area contributed by atoms with Crippen LogP contribution in [0.1, 0.15) is 33.4 Å². The highest BCUT2D eigenvalue weighted by molar-refractivity contribution is 5.50. The van der Waals surface area contributed by atoms with Crippen molar-refractivity contribution in [2.45, 2.75) is 40.7 Å². The SMILES string of the molecule is Cc1c(C)c(C)c2c(c1C)CCNC2. The van der Waals surface area contributed by atoms with Crippen molar-refractivity contribution in [3.8, 4) is 0 Å². The van der Waals surface area contributed by atoms with E-state index < -0.39 is 0 Å². The molecule has 1 aliphatic heterocycles. The number of fused-ring (bicyclic) bond motifs is 1. The molecular formula is C13H19N. The molecule has 14 heavy (non-hydrogen) atoms. The van der Waals surface area contributed by atoms with Crippen molar-refractivity contribution in [2.24, 2.45) is 0 Å². The molecule has 0 atom stereocenters. The fraction of sp³-hybridized carbons (Fsp3) is 0.538. The molecule has 2 rings (SSSR count). The number of benzene rings is 1. The van der Waals surface area contributed by atoms with Gasteiger partial charge in [0.2, 0.25) is 0 Å². The monoisotopic (exact) mass is 189 g/mol. The lowest BCUT2D eigenvalue weighted by Gasteiger charge is -2.25. The van der Waals surface area contributed by atoms with Crippen LogP contribution in [0.4, 0.5) is 0 Å². The predicted molar refractivity (Wildman–Crippen MR) is 60.8 cm³/mol. The average molecular weight is 189 g/mol. The summed E-state index contributed by atoms with van der Waals surface area (Å²) in [6.45, 7) is 11.2. The Bertz CT molecular complexity index is 341. The van der Waals surface area contributed by atoms with Gasteiger partial charge < -0.3 is 5.32 Å². The van der Waals surface area contributed by atoms with Crippen LogP contribution < -0.4 is 5.32 Å². The van der Waals surface area contributed by atoms with Gasteiger partial charge in [-0.25, -0.2) is 0 Å². The summed E-state index contributed by atoms with van der Waals surface area (Å²) in [6, 6.07) is 0. The lowest BCUT2D eigenvalue weighted by Crippen LogP contribution is -2.26. The van der Waals surface area contributed by atoms with Crippen molar-refractivity contribution in [1.82, 2.24) is 5.32 Å². The smallest absolute Gasteiger partial charge is 0.0211 e. The van der Waals surface area contributed by atoms with Crippen LogP contribution in [-0.4, -0.2) is 6.54 Å². The zero-order valence-electron chi connectivity index (χ0n) is 9.62. The number of nitrogens with one attached hydrogen (secondary N) is 1. The molecule has 1 aliphatic rings. The molecule has 1 nitrogen and oxygen atoms in total. The minimum Gasteiger partial charge on any atom is -0.312 e. The number of rotatable bonds is 0. The van der Waals surface area contributed by atoms with Crippen molar-refractivity contribution in [2.75, 3.05) is 6.54 Å². The van der Waals surface area contributed by atoms with E-state index in [-0.39, 0.29) is 0 Å². The molecule has 0 saturated carbocycles. The Kier molecular flexibility index (Phi) is 2.36. The van der Waals surface area contributed by atoms with Crippen molar-refractivity contribution in [3.05, 3.63) is 33.4 Å². The van der Waals surface area contributed by atoms with Crippen LogP contribution in [0.2, 0.25) is 0 Å². The van der Waals surface area contributed by atoms with Crippen molar-refractivity contribution in [3.63, 3.8) is 0 Å². The fourth-order valence-electron chi connectivity index (χ4n) is 2.47. The Balaban J connectivity index is 2.71. The van der Waals surface area contributed by atoms with E-state index in [2.05, 4.69) is 33.0 Å². The summed E-state index contributed by atoms with van der Waals surface area (Å²) in [7, 11) is 0. The third kappa shape index (κ3) is 1.27. The zero-order chi connectivity index (χ0) is 10.3. The van der Waals surface area contributed by atoms with Gasteiger partial charge in [-0.1, -0.05) is 0 Å². The first kappa shape index (κ1) is 9.72. The molecule has 0 spiro atoms. The third-order valence-corrected chi connectivity index (χ3v) is 3.81. The molecule has 0 bridgehead atoms. The standard InChI is InChI=1S/C13H19N/c1-8-9(2)11(4)13-7-14-6-5-12(13)10(8)3/h14H,5-7H2,1-4H3. The lowest BCUT2D eigenvalue weighted by atomic mass is 9.86. The third-order valence-electron chi connectivity index (χ3n) is 3.81. The second kappa shape index (κ2) is 3.39. The molecule has 76 valence electrons. The van der Waals surface area contributed by atoms with E-state index in [1.165, 1.54) is 28.7 Å². The van der Waals surface area contributed by atoms with E-state index in [4.69, 9.17) is 0 Å². The van der Waals surface area contributed by atoms with E-state index in [0.29, 0.717) is 0 Å². The average Bonchev–Trinajstić information content (AvgIpc) is 2.23. The molecular weight excluding hydrogens is 170 g/mol. The Morgan fingerprint density at radius 1 is 0.786 bits per heavy atom. The van der Waals surface area contributed by atoms with Gasteiger partial charge >= 0.3 is 0 Å². The summed E-state index contributed by atoms with van der Waals surface area (Å²) in [6.07, 6.45) is 1.20. The normalized spacial score (nSPS) is 15.4. The van der Waals surface area contributed by atoms with Crippen LogP contribution in [-0.2, 0) is 13.0 Å². The minimum atomic E-state index is 1.06. The van der Waals surface area contributed by atoms with E-state index in [9.17, 15) is 0 Å². The van der Waals surface area contributed by atoms with Gasteiger partial charge in [0.25, 0.3) is 0 Å². The highest BCUT2D eigenvalue weighted by Gasteiger charge is 2.16. The molecule has 0 aromatic heterocycles. The number of hydrogen-bond donors (Lipinski definition) is 1. The van der Waals surface area contributed by atoms with Crippen LogP contribution in [0.3, 0.4) is 0 Å². The van der Waals surface area contributed by atoms with Gasteiger partial charge in [0.1, 0.15) is 0 Å². The molecule has 1 aromatic rings. The minimum absolute atomic E-state index is 1.06. The van der Waals surface area contributed by atoms with Gasteiger partial charge in [0, 0.05) is 6.54 Å². The molecule has 1 aromatic carbocycles. The second-order valence-electron chi connectivity index (χ2n) is 4.38. The Labute approximate surface area is 86.5 Å². The van der Waals surface area contributed by atoms with Crippen LogP contribution in [0, 0.1) is 27.7 Å². The predicted octanol–water partition coefficient (Wildman–Crippen LogP) is 2.57. The molecule has 0 aliphatic carbocycles. The fourth-order valence-corrected chi connectivity index (χ4v) is 2.47. The summed E-state index contributed by atoms with van der Waals surface area (Å²) in [4.78, 5) is 0. The van der Waals surface area contributed by atoms with Gasteiger partial charge in [-0.3, -0.25) is 0 Å². The quantitative estimate of drug-likeness (QED) is 0.661. The molecule has 0 fully saturated rings. The van der Waals surface area contributed by atoms with E-state index >= 15 is 0 Å². The van der Waals surface area contributed by atoms with Gasteiger partial charge in [0.05, 0.1) is 0 Å². The zero-order valence-corrected chi connectivity index (χ0v) is 9.62. The summed E-state index contributed by atoms with van der Waals surface area (Å²) in [5.41, 5.74) is 9.13. The van der Waals surface area contributed by atoms with E-state index in [0.717, 1.165) is 13.1 Å². The Morgan fingerprint density at radius 2 is 1.36 bits per heavy atom. The topological polar surface area (TPSA) is 12.0 Å². The van der Waals surface area contributed by atoms with Crippen LogP contribution >= 0.6 is 0 Å². The molecule has 1 heteroatoms. The summed E-state index contributed by atoms with van der Waals surface area (Å²) < 4.78 is 0. The van der Waals surface area contributed by atoms with Crippen LogP contribution in [0.15, 0.2) is 0 Å². The summed E-state index contributed by atoms with van der Waals surface area (Å²) in [5.74, 6) is 0. The van der Waals surface area contributed by atoms with E-state index in [1.807, 2.05) is 0 Å². The largest absolute Gasteiger partial charge is 0.312 e. The van der Waals surface area contributed by atoms with Crippen molar-refractivity contribution in [1.29, 1.82) is 0 Å². The van der Waals surface area contributed by atoms with E-state index in [1.54, 1.807) is 11.1 Å². The first-order chi connectivity index (χ1) is 6.63. The Morgan fingerprint density at radius 3 is 2.00 bits per heavy atom. The van der Waals surface area contributed by atoms with Crippen LogP contribution in [0.25, 0.3) is 0 Å². The summed E-state index contributed by atoms with van der Waals surface area (Å²) >= 11 is 0.